The van der Waals surface area contributed by atoms with Crippen LogP contribution >= 0.6 is 23.9 Å². The fourth-order valence-electron chi connectivity index (χ4n) is 14.0. The minimum atomic E-state index is -5.02. The Morgan fingerprint density at radius 1 is 0.581 bits per heavy atom. The van der Waals surface area contributed by atoms with E-state index in [0.717, 1.165) is 38.5 Å². The number of carbonyl (C=O) groups is 1. The van der Waals surface area contributed by atoms with Gasteiger partial charge in [0.1, 0.15) is 11.6 Å². The molecule has 554 valence electrons. The summed E-state index contributed by atoms with van der Waals surface area (Å²) in [5.74, 6) is -1.65. The van der Waals surface area contributed by atoms with E-state index in [9.17, 15) is 45.3 Å². The molecule has 2 unspecified atom stereocenters. The maximum absolute atomic E-state index is 14.9. The van der Waals surface area contributed by atoms with Crippen molar-refractivity contribution in [1.29, 1.82) is 0 Å². The van der Waals surface area contributed by atoms with Crippen molar-refractivity contribution in [2.45, 2.75) is 121 Å². The minimum Gasteiger partial charge on any atom is -0.481 e. The molecule has 0 spiro atoms. The number of fused-ring (bicyclic) bond motifs is 4. The molecule has 2 atom stereocenters. The van der Waals surface area contributed by atoms with Crippen LogP contribution in [0.2, 0.25) is 0 Å². The number of halogens is 9. The third kappa shape index (κ3) is 17.8. The Hall–Kier alpha value is -8.58. The third-order valence-electron chi connectivity index (χ3n) is 18.2. The van der Waals surface area contributed by atoms with Gasteiger partial charge in [0.15, 0.2) is 0 Å². The van der Waals surface area contributed by atoms with Crippen LogP contribution in [0.5, 0.6) is 0 Å². The van der Waals surface area contributed by atoms with Gasteiger partial charge in [0.25, 0.3) is 5.97 Å². The molecule has 2 saturated heterocycles. The van der Waals surface area contributed by atoms with E-state index in [1.165, 1.54) is 161 Å². The second kappa shape index (κ2) is 33.5. The Morgan fingerprint density at radius 3 is 1.44 bits per heavy atom. The van der Waals surface area contributed by atoms with Crippen molar-refractivity contribution in [3.63, 3.8) is 0 Å². The minimum absolute atomic E-state index is 0. The van der Waals surface area contributed by atoms with Crippen molar-refractivity contribution in [3.05, 3.63) is 264 Å². The molecule has 0 aliphatic carbocycles. The van der Waals surface area contributed by atoms with E-state index in [1.807, 2.05) is 24.3 Å². The van der Waals surface area contributed by atoms with Crippen molar-refractivity contribution in [2.75, 3.05) is 31.1 Å². The first kappa shape index (κ1) is 80.5. The second-order valence-electron chi connectivity index (χ2n) is 27.7. The Morgan fingerprint density at radius 2 is 1.02 bits per heavy atom. The smallest absolute Gasteiger partial charge is 0.425 e. The molecule has 12 nitrogen and oxygen atoms in total. The molecule has 8 aromatic carbocycles. The normalized spacial score (nSPS) is 14.4. The van der Waals surface area contributed by atoms with Crippen LogP contribution in [0, 0.1) is 17.7 Å². The average molecular weight is 1610 g/mol. The molecule has 2 aliphatic heterocycles. The SMILES string of the molecule is C1CCNC1.C=CCn1cc(C(O)(c2ccc3c(cnn3-c3ccc(F)cc3)c2)C(F)(F)F)c2ccc(Br)cc21.C=CCn1cc(C(O)(c2ccc3c(cnn3-c3ccc(F)cc3)c2)C(F)(F)F)c2ccc(N3CCCC3)cc21.CC(=O)O.CC(C)(C)[PH+](c1ccccc1-c1[c-]cccc1)C(C)(C)C.[Pd]. The number of nitrogens with one attached hydrogen (secondary N) is 1. The number of aromatic nitrogens is 6. The Labute approximate surface area is 629 Å². The quantitative estimate of drug-likeness (QED) is 0.0294. The Kier molecular flexibility index (Phi) is 25.7. The molecule has 4 N–H and O–H groups in total. The van der Waals surface area contributed by atoms with Crippen LogP contribution in [-0.2, 0) is 49.5 Å². The summed E-state index contributed by atoms with van der Waals surface area (Å²) in [5.41, 5.74) is -0.933. The van der Waals surface area contributed by atoms with Crippen LogP contribution < -0.4 is 15.5 Å². The van der Waals surface area contributed by atoms with E-state index in [4.69, 9.17) is 9.90 Å². The van der Waals surface area contributed by atoms with E-state index in [0.29, 0.717) is 64.4 Å². The van der Waals surface area contributed by atoms with Crippen LogP contribution in [0.3, 0.4) is 0 Å². The summed E-state index contributed by atoms with van der Waals surface area (Å²) in [6.45, 7) is 27.7. The molecule has 0 amide bonds. The molecule has 23 heteroatoms. The maximum atomic E-state index is 14.9. The average Bonchev–Trinajstić information content (AvgIpc) is 1.65. The number of aliphatic carboxylic acids is 1. The van der Waals surface area contributed by atoms with Gasteiger partial charge in [-0.15, -0.1) is 49.1 Å². The van der Waals surface area contributed by atoms with E-state index in [2.05, 4.69) is 134 Å². The molecule has 6 heterocycles. The third-order valence-corrected chi connectivity index (χ3v) is 22.7. The fraction of sp³-hybridized carbons (Fsp3) is 0.280. The predicted octanol–water partition coefficient (Wildman–Crippen LogP) is 19.6. The van der Waals surface area contributed by atoms with Crippen LogP contribution in [0.4, 0.5) is 40.8 Å². The number of carboxylic acid groups (broad SMARTS) is 1. The fourth-order valence-corrected chi connectivity index (χ4v) is 18.9. The number of hydrogen-bond acceptors (Lipinski definition) is 7. The van der Waals surface area contributed by atoms with E-state index >= 15 is 0 Å². The van der Waals surface area contributed by atoms with Crippen molar-refractivity contribution in [2.24, 2.45) is 0 Å². The summed E-state index contributed by atoms with van der Waals surface area (Å²) in [5, 5.41) is 45.8. The number of alkyl halides is 6. The van der Waals surface area contributed by atoms with Gasteiger partial charge in [-0.1, -0.05) is 76.1 Å². The van der Waals surface area contributed by atoms with E-state index in [1.54, 1.807) is 45.6 Å². The number of rotatable bonds is 13. The van der Waals surface area contributed by atoms with E-state index < -0.39 is 49.1 Å². The van der Waals surface area contributed by atoms with Gasteiger partial charge in [-0.2, -0.15) is 36.5 Å². The number of anilines is 1. The molecule has 4 aromatic heterocycles. The molecular formula is C82H84BrF8N8O4PPd. The molecule has 0 radical (unpaired) electrons. The molecule has 105 heavy (non-hydrogen) atoms. The Bertz CT molecular complexity index is 4950. The number of hydrogen-bond donors (Lipinski definition) is 4. The summed E-state index contributed by atoms with van der Waals surface area (Å²) in [6, 6.07) is 50.2. The van der Waals surface area contributed by atoms with Gasteiger partial charge in [-0.3, -0.25) is 4.79 Å². The number of aliphatic hydroxyl groups is 2. The molecular weight excluding hydrogens is 1530 g/mol. The second-order valence-corrected chi connectivity index (χ2v) is 32.9. The Balaban J connectivity index is 0.000000177. The first-order valence-electron chi connectivity index (χ1n) is 34.1. The zero-order valence-corrected chi connectivity index (χ0v) is 63.4. The van der Waals surface area contributed by atoms with Gasteiger partial charge in [0.05, 0.1) is 55.9 Å². The monoisotopic (exact) mass is 1610 g/mol. The number of nitrogens with zero attached hydrogens (tertiary/aromatic N) is 7. The molecule has 12 aromatic rings. The molecule has 0 bridgehead atoms. The number of benzene rings is 8. The standard InChI is InChI=1S/C30H26F4N4O.C26H18BrF4N3O.C20H26P.C4H9N.C2H4O2.Pd/c1-2-13-37-19-26(25-11-10-24(17-28(25)37)36-14-3-4-15-36)29(39,30(32,33)34)21-5-12-27-20(16-21)18-35-38(27)23-8-6-22(31)7-9-23;1-2-11-33-15-22(21-9-4-18(27)13-24(21)33)25(35,26(29,30)31)17-3-10-23-16(12-17)14-32-34(23)20-7-5-19(28)6-8-20;1-19(2,3)21(20(4,5)6)18-15-11-10-14-17(18)16-12-8-7-9-13-16;1-2-4-5-3-1;1-2(3)4;/h2,5-12,16-19,39H,1,3-4,13-15H2;2-10,12-15,35H,1,11H2;7-12,14-15H,1-6H3;5H,1-4H2;1H3,(H,3,4);/q;;-1;;;/p+1. The van der Waals surface area contributed by atoms with Crippen LogP contribution in [-0.4, -0.2) is 98.8 Å². The van der Waals surface area contributed by atoms with Crippen LogP contribution in [0.25, 0.3) is 66.1 Å². The largest absolute Gasteiger partial charge is 0.481 e. The molecule has 0 saturated carbocycles. The summed E-state index contributed by atoms with van der Waals surface area (Å²) >= 11 is 3.36. The van der Waals surface area contributed by atoms with Crippen molar-refractivity contribution in [3.8, 4) is 22.5 Å². The predicted molar refractivity (Wildman–Crippen MR) is 407 cm³/mol. The van der Waals surface area contributed by atoms with Gasteiger partial charge >= 0.3 is 12.4 Å². The van der Waals surface area contributed by atoms with Gasteiger partial charge in [-0.05, 0) is 195 Å². The topological polar surface area (TPSA) is 139 Å². The molecule has 2 fully saturated rings. The summed E-state index contributed by atoms with van der Waals surface area (Å²) < 4.78 is 122. The first-order valence-corrected chi connectivity index (χ1v) is 36.4. The first-order chi connectivity index (χ1) is 49.3. The van der Waals surface area contributed by atoms with Crippen molar-refractivity contribution >= 4 is 84.4 Å². The molecule has 2 aliphatic rings. The summed E-state index contributed by atoms with van der Waals surface area (Å²) in [6.07, 6.45) is 3.62. The van der Waals surface area contributed by atoms with Crippen molar-refractivity contribution in [1.82, 2.24) is 34.0 Å². The number of carboxylic acids is 1. The van der Waals surface area contributed by atoms with Gasteiger partial charge < -0.3 is 34.7 Å². The molecule has 14 rings (SSSR count). The van der Waals surface area contributed by atoms with Crippen LogP contribution in [0.15, 0.2) is 224 Å². The summed E-state index contributed by atoms with van der Waals surface area (Å²) in [7, 11) is -0.750. The maximum Gasteiger partial charge on any atom is 0.425 e. The number of allylic oxidation sites excluding steroid dienone is 2. The van der Waals surface area contributed by atoms with E-state index in [-0.39, 0.29) is 61.2 Å². The van der Waals surface area contributed by atoms with Gasteiger partial charge in [-0.25, -0.2) is 18.1 Å². The van der Waals surface area contributed by atoms with Gasteiger partial charge in [0, 0.05) is 122 Å². The van der Waals surface area contributed by atoms with Crippen LogP contribution in [0.1, 0.15) is 96.4 Å². The van der Waals surface area contributed by atoms with Gasteiger partial charge in [0.2, 0.25) is 11.2 Å². The summed E-state index contributed by atoms with van der Waals surface area (Å²) in [4.78, 5) is 11.2. The zero-order chi connectivity index (χ0) is 75.1. The zero-order valence-electron chi connectivity index (χ0n) is 59.2. The van der Waals surface area contributed by atoms with Crippen molar-refractivity contribution < 1.29 is 75.7 Å².